The van der Waals surface area contributed by atoms with Gasteiger partial charge in [-0.05, 0) is 54.7 Å². The zero-order valence-corrected chi connectivity index (χ0v) is 29.8. The molecule has 0 spiro atoms. The highest BCUT2D eigenvalue weighted by Gasteiger charge is 2.31. The van der Waals surface area contributed by atoms with E-state index in [2.05, 4.69) is 26.6 Å². The van der Waals surface area contributed by atoms with E-state index >= 15 is 0 Å². The van der Waals surface area contributed by atoms with E-state index in [4.69, 9.17) is 5.73 Å². The van der Waals surface area contributed by atoms with Crippen LogP contribution in [0.4, 0.5) is 0 Å². The van der Waals surface area contributed by atoms with Crippen molar-refractivity contribution in [1.82, 2.24) is 26.6 Å². The Morgan fingerprint density at radius 1 is 0.860 bits per heavy atom. The molecule has 1 aliphatic rings. The molecule has 12 nitrogen and oxygen atoms in total. The van der Waals surface area contributed by atoms with Crippen molar-refractivity contribution in [1.29, 1.82) is 0 Å². The van der Waals surface area contributed by atoms with Crippen LogP contribution in [-0.2, 0) is 41.6 Å². The lowest BCUT2D eigenvalue weighted by molar-refractivity contribution is -0.131. The highest BCUT2D eigenvalue weighted by atomic mass is 32.2. The van der Waals surface area contributed by atoms with Crippen LogP contribution >= 0.6 is 11.8 Å². The van der Waals surface area contributed by atoms with Gasteiger partial charge in [0, 0.05) is 19.3 Å². The van der Waals surface area contributed by atoms with Gasteiger partial charge in [-0.25, -0.2) is 0 Å². The summed E-state index contributed by atoms with van der Waals surface area (Å²) in [6.07, 6.45) is 7.19. The van der Waals surface area contributed by atoms with Gasteiger partial charge in [-0.1, -0.05) is 86.7 Å². The molecule has 6 amide bonds. The molecule has 1 saturated heterocycles. The topological polar surface area (TPSA) is 189 Å². The smallest absolute Gasteiger partial charge is 0.243 e. The van der Waals surface area contributed by atoms with Crippen molar-refractivity contribution in [2.75, 3.05) is 12.0 Å². The van der Waals surface area contributed by atoms with E-state index in [1.807, 2.05) is 80.8 Å². The van der Waals surface area contributed by atoms with Gasteiger partial charge in [-0.15, -0.1) is 0 Å². The van der Waals surface area contributed by atoms with E-state index in [0.29, 0.717) is 31.4 Å². The predicted octanol–water partition coefficient (Wildman–Crippen LogP) is 1.92. The fourth-order valence-corrected chi connectivity index (χ4v) is 6.02. The first-order valence-corrected chi connectivity index (χ1v) is 18.4. The number of benzene rings is 2. The third-order valence-corrected chi connectivity index (χ3v) is 8.80. The van der Waals surface area contributed by atoms with E-state index in [0.717, 1.165) is 11.1 Å². The highest BCUT2D eigenvalue weighted by molar-refractivity contribution is 7.98. The zero-order valence-electron chi connectivity index (χ0n) is 29.0. The number of carbonyl (C=O) groups excluding carboxylic acids is 6. The number of hydrogen-bond acceptors (Lipinski definition) is 7. The maximum atomic E-state index is 13.8. The van der Waals surface area contributed by atoms with Crippen molar-refractivity contribution in [2.45, 2.75) is 89.0 Å². The molecule has 0 aromatic heterocycles. The van der Waals surface area contributed by atoms with Gasteiger partial charge in [0.05, 0.1) is 6.04 Å². The number of nitrogens with one attached hydrogen (secondary N) is 5. The monoisotopic (exact) mass is 706 g/mol. The van der Waals surface area contributed by atoms with Gasteiger partial charge in [-0.2, -0.15) is 11.8 Å². The lowest BCUT2D eigenvalue weighted by Gasteiger charge is -2.24. The standard InChI is InChI=1S/C37H50N6O6S/c1-24(2)21-30(37(49)42-28(34(38)46)19-20-50-3)41-32(44)16-10-15-27(22-25-11-6-4-7-12-25)39-36(48)31(23-26-13-8-5-9-14-26)43-35(47)29-17-18-33(45)40-29/h4-15,24,27-31H,16-23H2,1-3H3,(H2,38,46)(H,39,48)(H,40,45)(H,41,44)(H,42,49)(H,43,47)/b15-10+/t27-,28+,29+,30+,31+/m1/s1. The van der Waals surface area contributed by atoms with Gasteiger partial charge >= 0.3 is 0 Å². The van der Waals surface area contributed by atoms with Crippen molar-refractivity contribution in [3.63, 3.8) is 0 Å². The molecular formula is C37H50N6O6S. The van der Waals surface area contributed by atoms with Gasteiger partial charge in [0.2, 0.25) is 35.4 Å². The van der Waals surface area contributed by atoms with Crippen molar-refractivity contribution in [2.24, 2.45) is 11.7 Å². The molecular weight excluding hydrogens is 657 g/mol. The Balaban J connectivity index is 1.73. The van der Waals surface area contributed by atoms with Gasteiger partial charge in [0.25, 0.3) is 0 Å². The SMILES string of the molecule is CSCC[C@H](NC(=O)[C@H](CC(C)C)NC(=O)C/C=C/[C@H](Cc1ccccc1)NC(=O)[C@H](Cc1ccccc1)NC(=O)[C@@H]1CCC(=O)N1)C(N)=O. The number of amides is 6. The van der Waals surface area contributed by atoms with Crippen LogP contribution in [0.15, 0.2) is 72.8 Å². The van der Waals surface area contributed by atoms with Crippen molar-refractivity contribution >= 4 is 47.2 Å². The Kier molecular flexibility index (Phi) is 16.5. The van der Waals surface area contributed by atoms with Crippen LogP contribution in [0, 0.1) is 5.92 Å². The summed E-state index contributed by atoms with van der Waals surface area (Å²) in [6.45, 7) is 3.86. The average molecular weight is 707 g/mol. The van der Waals surface area contributed by atoms with Crippen LogP contribution in [-0.4, -0.2) is 77.7 Å². The second-order valence-corrected chi connectivity index (χ2v) is 13.8. The largest absolute Gasteiger partial charge is 0.368 e. The fraction of sp³-hybridized carbons (Fsp3) is 0.459. The Morgan fingerprint density at radius 2 is 1.48 bits per heavy atom. The lowest BCUT2D eigenvalue weighted by atomic mass is 10.0. The molecule has 1 heterocycles. The second kappa shape index (κ2) is 20.8. The zero-order chi connectivity index (χ0) is 36.5. The van der Waals surface area contributed by atoms with Crippen molar-refractivity contribution in [3.05, 3.63) is 83.9 Å². The maximum absolute atomic E-state index is 13.8. The molecule has 270 valence electrons. The Morgan fingerprint density at radius 3 is 2.04 bits per heavy atom. The maximum Gasteiger partial charge on any atom is 0.243 e. The van der Waals surface area contributed by atoms with Crippen molar-refractivity contribution in [3.8, 4) is 0 Å². The first kappa shape index (κ1) is 39.8. The van der Waals surface area contributed by atoms with Gasteiger partial charge in [0.15, 0.2) is 0 Å². The van der Waals surface area contributed by atoms with E-state index < -0.39 is 59.7 Å². The molecule has 13 heteroatoms. The molecule has 5 atom stereocenters. The minimum Gasteiger partial charge on any atom is -0.368 e. The quantitative estimate of drug-likeness (QED) is 0.114. The van der Waals surface area contributed by atoms with Crippen LogP contribution in [0.5, 0.6) is 0 Å². The summed E-state index contributed by atoms with van der Waals surface area (Å²) in [5.41, 5.74) is 7.30. The summed E-state index contributed by atoms with van der Waals surface area (Å²) in [5.74, 6) is -1.84. The predicted molar refractivity (Wildman–Crippen MR) is 195 cm³/mol. The molecule has 2 aromatic rings. The molecule has 7 N–H and O–H groups in total. The molecule has 1 aliphatic heterocycles. The molecule has 0 saturated carbocycles. The Hall–Kier alpha value is -4.65. The van der Waals surface area contributed by atoms with E-state index in [1.165, 1.54) is 11.8 Å². The molecule has 1 fully saturated rings. The number of primary amides is 1. The molecule has 0 bridgehead atoms. The molecule has 0 radical (unpaired) electrons. The Bertz CT molecular complexity index is 1470. The van der Waals surface area contributed by atoms with Gasteiger partial charge in [-0.3, -0.25) is 28.8 Å². The minimum atomic E-state index is -0.923. The number of hydrogen-bond donors (Lipinski definition) is 6. The number of carbonyl (C=O) groups is 6. The van der Waals surface area contributed by atoms with Crippen LogP contribution in [0.25, 0.3) is 0 Å². The summed E-state index contributed by atoms with van der Waals surface area (Å²) in [4.78, 5) is 76.7. The first-order chi connectivity index (χ1) is 23.9. The molecule has 50 heavy (non-hydrogen) atoms. The van der Waals surface area contributed by atoms with Gasteiger partial charge in [0.1, 0.15) is 24.2 Å². The Labute approximate surface area is 298 Å². The van der Waals surface area contributed by atoms with Gasteiger partial charge < -0.3 is 32.3 Å². The summed E-state index contributed by atoms with van der Waals surface area (Å²) in [7, 11) is 0. The summed E-state index contributed by atoms with van der Waals surface area (Å²) >= 11 is 1.53. The third-order valence-electron chi connectivity index (χ3n) is 8.15. The molecule has 3 rings (SSSR count). The average Bonchev–Trinajstić information content (AvgIpc) is 3.52. The molecule has 2 aromatic carbocycles. The van der Waals surface area contributed by atoms with Crippen LogP contribution in [0.3, 0.4) is 0 Å². The van der Waals surface area contributed by atoms with Crippen LogP contribution in [0.2, 0.25) is 0 Å². The first-order valence-electron chi connectivity index (χ1n) is 17.0. The number of rotatable bonds is 20. The van der Waals surface area contributed by atoms with E-state index in [9.17, 15) is 28.8 Å². The summed E-state index contributed by atoms with van der Waals surface area (Å²) in [6, 6.07) is 15.0. The summed E-state index contributed by atoms with van der Waals surface area (Å²) in [5, 5.41) is 14.0. The fourth-order valence-electron chi connectivity index (χ4n) is 5.55. The second-order valence-electron chi connectivity index (χ2n) is 12.8. The number of thioether (sulfide) groups is 1. The van der Waals surface area contributed by atoms with Crippen LogP contribution < -0.4 is 32.3 Å². The minimum absolute atomic E-state index is 0.0691. The molecule has 0 aliphatic carbocycles. The van der Waals surface area contributed by atoms with Crippen LogP contribution in [0.1, 0.15) is 57.1 Å². The van der Waals surface area contributed by atoms with E-state index in [1.54, 1.807) is 12.2 Å². The normalized spacial score (nSPS) is 16.6. The van der Waals surface area contributed by atoms with Crippen molar-refractivity contribution < 1.29 is 28.8 Å². The third kappa shape index (κ3) is 14.1. The van der Waals surface area contributed by atoms with E-state index in [-0.39, 0.29) is 31.1 Å². The highest BCUT2D eigenvalue weighted by Crippen LogP contribution is 2.12. The molecule has 0 unspecified atom stereocenters. The lowest BCUT2D eigenvalue weighted by Crippen LogP contribution is -2.54. The summed E-state index contributed by atoms with van der Waals surface area (Å²) < 4.78 is 0. The number of nitrogens with two attached hydrogens (primary N) is 1.